The minimum absolute atomic E-state index is 0.266. The van der Waals surface area contributed by atoms with Crippen molar-refractivity contribution in [3.05, 3.63) is 54.9 Å². The van der Waals surface area contributed by atoms with E-state index in [0.29, 0.717) is 4.90 Å². The zero-order chi connectivity index (χ0) is 23.9. The molecule has 5 rings (SSSR count). The van der Waals surface area contributed by atoms with E-state index in [4.69, 9.17) is 0 Å². The summed E-state index contributed by atoms with van der Waals surface area (Å²) < 4.78 is 25.5. The second-order valence-electron chi connectivity index (χ2n) is 8.89. The zero-order valence-electron chi connectivity index (χ0n) is 19.5. The number of nitrogens with zero attached hydrogens (tertiary/aromatic N) is 7. The summed E-state index contributed by atoms with van der Waals surface area (Å²) in [4.78, 5) is 13.6. The molecule has 1 aliphatic rings. The van der Waals surface area contributed by atoms with E-state index in [1.54, 1.807) is 12.1 Å². The van der Waals surface area contributed by atoms with Crippen LogP contribution in [0.1, 0.15) is 18.9 Å². The van der Waals surface area contributed by atoms with Gasteiger partial charge in [0.15, 0.2) is 9.84 Å². The lowest BCUT2D eigenvalue weighted by atomic mass is 10.0. The highest BCUT2D eigenvalue weighted by Gasteiger charge is 2.24. The molecule has 1 aliphatic heterocycles. The minimum Gasteiger partial charge on any atom is -0.375 e. The van der Waals surface area contributed by atoms with Crippen LogP contribution in [-0.2, 0) is 9.84 Å². The van der Waals surface area contributed by atoms with Crippen LogP contribution in [-0.4, -0.2) is 66.8 Å². The van der Waals surface area contributed by atoms with Gasteiger partial charge in [-0.3, -0.25) is 0 Å². The number of anilines is 2. The van der Waals surface area contributed by atoms with E-state index in [1.807, 2.05) is 66.4 Å². The van der Waals surface area contributed by atoms with Crippen LogP contribution >= 0.6 is 0 Å². The molecule has 0 saturated carbocycles. The Kier molecular flexibility index (Phi) is 5.68. The van der Waals surface area contributed by atoms with E-state index >= 15 is 0 Å². The number of piperidine rings is 1. The number of benzene rings is 2. The Hall–Kier alpha value is -3.53. The van der Waals surface area contributed by atoms with Crippen molar-refractivity contribution in [1.29, 1.82) is 0 Å². The van der Waals surface area contributed by atoms with Crippen LogP contribution in [0.3, 0.4) is 0 Å². The highest BCUT2D eigenvalue weighted by atomic mass is 32.2. The Labute approximate surface area is 199 Å². The summed E-state index contributed by atoms with van der Waals surface area (Å²) >= 11 is 0. The van der Waals surface area contributed by atoms with E-state index in [9.17, 15) is 8.42 Å². The molecule has 1 saturated heterocycles. The molecule has 0 spiro atoms. The molecule has 0 amide bonds. The Morgan fingerprint density at radius 3 is 2.21 bits per heavy atom. The first-order valence-electron chi connectivity index (χ1n) is 11.2. The average molecular weight is 478 g/mol. The summed E-state index contributed by atoms with van der Waals surface area (Å²) in [5.74, 6) is 0.763. The minimum atomic E-state index is -3.21. The molecule has 9 nitrogen and oxygen atoms in total. The Morgan fingerprint density at radius 1 is 0.941 bits per heavy atom. The van der Waals surface area contributed by atoms with Crippen LogP contribution in [0.25, 0.3) is 22.2 Å². The summed E-state index contributed by atoms with van der Waals surface area (Å²) in [6.07, 6.45) is 6.79. The van der Waals surface area contributed by atoms with Gasteiger partial charge in [0.05, 0.1) is 34.5 Å². The summed E-state index contributed by atoms with van der Waals surface area (Å²) in [6.45, 7) is 1.72. The van der Waals surface area contributed by atoms with Crippen molar-refractivity contribution in [3.8, 4) is 11.1 Å². The third kappa shape index (κ3) is 4.33. The number of aromatic nitrogens is 5. The van der Waals surface area contributed by atoms with Gasteiger partial charge in [-0.05, 0) is 48.2 Å². The van der Waals surface area contributed by atoms with Crippen LogP contribution in [0.15, 0.2) is 59.8 Å². The van der Waals surface area contributed by atoms with E-state index in [-0.39, 0.29) is 6.04 Å². The van der Waals surface area contributed by atoms with E-state index in [0.717, 1.165) is 59.7 Å². The fourth-order valence-electron chi connectivity index (χ4n) is 4.30. The van der Waals surface area contributed by atoms with Gasteiger partial charge in [-0.15, -0.1) is 5.10 Å². The SMILES string of the molecule is CN(C)c1cnc(N2CCC(n3nnc4cc(-c5ccc(S(C)(=O)=O)cc5)ccc43)CC2)nc1. The number of sulfone groups is 1. The largest absolute Gasteiger partial charge is 0.375 e. The van der Waals surface area contributed by atoms with Crippen molar-refractivity contribution in [3.63, 3.8) is 0 Å². The highest BCUT2D eigenvalue weighted by Crippen LogP contribution is 2.29. The maximum absolute atomic E-state index is 11.7. The molecule has 2 aromatic carbocycles. The topological polar surface area (TPSA) is 97.1 Å². The molecule has 0 radical (unpaired) electrons. The summed E-state index contributed by atoms with van der Waals surface area (Å²) in [6, 6.07) is 13.3. The first kappa shape index (κ1) is 22.3. The summed E-state index contributed by atoms with van der Waals surface area (Å²) in [5, 5.41) is 8.88. The van der Waals surface area contributed by atoms with Gasteiger partial charge in [0, 0.05) is 33.4 Å². The molecule has 0 aliphatic carbocycles. The number of hydrogen-bond acceptors (Lipinski definition) is 8. The number of rotatable bonds is 5. The van der Waals surface area contributed by atoms with Gasteiger partial charge < -0.3 is 9.80 Å². The second-order valence-corrected chi connectivity index (χ2v) is 10.9. The second kappa shape index (κ2) is 8.68. The van der Waals surface area contributed by atoms with Gasteiger partial charge in [-0.1, -0.05) is 23.4 Å². The van der Waals surface area contributed by atoms with E-state index in [1.165, 1.54) is 6.26 Å². The molecular weight excluding hydrogens is 450 g/mol. The monoisotopic (exact) mass is 477 g/mol. The third-order valence-electron chi connectivity index (χ3n) is 6.32. The molecule has 3 heterocycles. The van der Waals surface area contributed by atoms with Crippen molar-refractivity contribution < 1.29 is 8.42 Å². The quantitative estimate of drug-likeness (QED) is 0.432. The molecule has 10 heteroatoms. The maximum Gasteiger partial charge on any atom is 0.225 e. The smallest absolute Gasteiger partial charge is 0.225 e. The molecule has 0 unspecified atom stereocenters. The number of fused-ring (bicyclic) bond motifs is 1. The Balaban J connectivity index is 1.31. The van der Waals surface area contributed by atoms with Gasteiger partial charge >= 0.3 is 0 Å². The standard InChI is InChI=1S/C24H27N7O2S/c1-29(2)20-15-25-24(26-16-20)30-12-10-19(11-13-30)31-23-9-6-18(14-22(23)27-28-31)17-4-7-21(8-5-17)34(3,32)33/h4-9,14-16,19H,10-13H2,1-3H3. The molecule has 1 fully saturated rings. The van der Waals surface area contributed by atoms with Crippen molar-refractivity contribution in [2.75, 3.05) is 43.2 Å². The molecule has 0 atom stereocenters. The summed E-state index contributed by atoms with van der Waals surface area (Å²) in [5.41, 5.74) is 4.74. The van der Waals surface area contributed by atoms with Crippen molar-refractivity contribution >= 4 is 32.5 Å². The molecular formula is C24H27N7O2S. The van der Waals surface area contributed by atoms with E-state index in [2.05, 4.69) is 25.2 Å². The van der Waals surface area contributed by atoms with Crippen molar-refractivity contribution in [1.82, 2.24) is 25.0 Å². The van der Waals surface area contributed by atoms with Gasteiger partial charge in [0.25, 0.3) is 0 Å². The van der Waals surface area contributed by atoms with Crippen LogP contribution in [0.2, 0.25) is 0 Å². The Bertz CT molecular complexity index is 1410. The zero-order valence-corrected chi connectivity index (χ0v) is 20.3. The predicted molar refractivity (Wildman–Crippen MR) is 133 cm³/mol. The van der Waals surface area contributed by atoms with Gasteiger partial charge in [-0.25, -0.2) is 23.1 Å². The average Bonchev–Trinajstić information content (AvgIpc) is 3.27. The van der Waals surface area contributed by atoms with Gasteiger partial charge in [0.2, 0.25) is 5.95 Å². The van der Waals surface area contributed by atoms with Gasteiger partial charge in [0.1, 0.15) is 5.52 Å². The lowest BCUT2D eigenvalue weighted by Crippen LogP contribution is -2.36. The van der Waals surface area contributed by atoms with Crippen LogP contribution in [0.4, 0.5) is 11.6 Å². The first-order valence-corrected chi connectivity index (χ1v) is 13.1. The van der Waals surface area contributed by atoms with Crippen LogP contribution in [0, 0.1) is 0 Å². The molecule has 0 bridgehead atoms. The molecule has 2 aromatic heterocycles. The fraction of sp³-hybridized carbons (Fsp3) is 0.333. The molecule has 34 heavy (non-hydrogen) atoms. The molecule has 0 N–H and O–H groups in total. The number of hydrogen-bond donors (Lipinski definition) is 0. The fourth-order valence-corrected chi connectivity index (χ4v) is 4.94. The van der Waals surface area contributed by atoms with Gasteiger partial charge in [-0.2, -0.15) is 0 Å². The maximum atomic E-state index is 11.7. The van der Waals surface area contributed by atoms with Crippen molar-refractivity contribution in [2.45, 2.75) is 23.8 Å². The normalized spacial score (nSPS) is 15.1. The highest BCUT2D eigenvalue weighted by molar-refractivity contribution is 7.90. The van der Waals surface area contributed by atoms with Crippen LogP contribution < -0.4 is 9.80 Å². The summed E-state index contributed by atoms with van der Waals surface area (Å²) in [7, 11) is 0.741. The van der Waals surface area contributed by atoms with Crippen molar-refractivity contribution in [2.24, 2.45) is 0 Å². The van der Waals surface area contributed by atoms with Crippen LogP contribution in [0.5, 0.6) is 0 Å². The first-order chi connectivity index (χ1) is 16.3. The lowest BCUT2D eigenvalue weighted by Gasteiger charge is -2.32. The molecule has 176 valence electrons. The van der Waals surface area contributed by atoms with E-state index < -0.39 is 9.84 Å². The lowest BCUT2D eigenvalue weighted by molar-refractivity contribution is 0.367. The Morgan fingerprint density at radius 2 is 1.59 bits per heavy atom. The third-order valence-corrected chi connectivity index (χ3v) is 7.45. The predicted octanol–water partition coefficient (Wildman–Crippen LogP) is 3.20. The molecule has 4 aromatic rings.